The van der Waals surface area contributed by atoms with Crippen molar-refractivity contribution in [1.82, 2.24) is 15.1 Å². The van der Waals surface area contributed by atoms with Crippen molar-refractivity contribution in [3.8, 4) is 0 Å². The Morgan fingerprint density at radius 1 is 1.29 bits per heavy atom. The molecule has 2 amide bonds. The number of hydrogen-bond donors (Lipinski definition) is 3. The van der Waals surface area contributed by atoms with Gasteiger partial charge in [-0.3, -0.25) is 4.68 Å². The zero-order valence-electron chi connectivity index (χ0n) is 11.5. The Labute approximate surface area is 121 Å². The molecule has 7 nitrogen and oxygen atoms in total. The second-order valence-electron chi connectivity index (χ2n) is 4.54. The number of aromatic nitrogens is 2. The molecule has 1 aromatic carbocycles. The molecule has 0 aliphatic rings. The molecule has 7 heteroatoms. The average Bonchev–Trinajstić information content (AvgIpc) is 2.85. The van der Waals surface area contributed by atoms with Gasteiger partial charge in [0.2, 0.25) is 0 Å². The first-order valence-electron chi connectivity index (χ1n) is 6.42. The number of rotatable bonds is 5. The third-order valence-electron chi connectivity index (χ3n) is 2.78. The molecule has 0 bridgehead atoms. The molecule has 21 heavy (non-hydrogen) atoms. The molecular weight excluding hydrogens is 272 g/mol. The van der Waals surface area contributed by atoms with Crippen molar-refractivity contribution in [2.45, 2.75) is 13.5 Å². The lowest BCUT2D eigenvalue weighted by Crippen LogP contribution is -2.31. The standard InChI is InChI=1S/C14H16N4O3/c1-10-8-16-18(9-10)7-6-15-14(21)17-12-4-2-11(3-5-12)13(19)20/h2-5,8-9H,6-7H2,1H3,(H,19,20)(H2,15,17,21). The maximum atomic E-state index is 11.7. The smallest absolute Gasteiger partial charge is 0.335 e. The van der Waals surface area contributed by atoms with E-state index in [2.05, 4.69) is 15.7 Å². The van der Waals surface area contributed by atoms with E-state index >= 15 is 0 Å². The van der Waals surface area contributed by atoms with Crippen LogP contribution in [-0.2, 0) is 6.54 Å². The van der Waals surface area contributed by atoms with E-state index in [1.807, 2.05) is 13.1 Å². The number of carbonyl (C=O) groups is 2. The number of nitrogens with zero attached hydrogens (tertiary/aromatic N) is 2. The fourth-order valence-corrected chi connectivity index (χ4v) is 1.74. The normalized spacial score (nSPS) is 10.1. The molecule has 1 aromatic heterocycles. The number of amides is 2. The molecule has 0 fully saturated rings. The van der Waals surface area contributed by atoms with Crippen LogP contribution in [0.1, 0.15) is 15.9 Å². The maximum Gasteiger partial charge on any atom is 0.335 e. The first-order valence-corrected chi connectivity index (χ1v) is 6.42. The number of anilines is 1. The van der Waals surface area contributed by atoms with Gasteiger partial charge in [0.15, 0.2) is 0 Å². The molecular formula is C14H16N4O3. The highest BCUT2D eigenvalue weighted by molar-refractivity contribution is 5.91. The SMILES string of the molecule is Cc1cnn(CCNC(=O)Nc2ccc(C(=O)O)cc2)c1. The molecule has 0 atom stereocenters. The molecule has 110 valence electrons. The van der Waals surface area contributed by atoms with E-state index in [0.717, 1.165) is 5.56 Å². The van der Waals surface area contributed by atoms with Crippen molar-refractivity contribution in [2.75, 3.05) is 11.9 Å². The molecule has 2 rings (SSSR count). The Bertz CT molecular complexity index is 634. The van der Waals surface area contributed by atoms with E-state index in [1.54, 1.807) is 23.0 Å². The number of nitrogens with one attached hydrogen (secondary N) is 2. The van der Waals surface area contributed by atoms with Gasteiger partial charge in [0, 0.05) is 18.4 Å². The highest BCUT2D eigenvalue weighted by Crippen LogP contribution is 2.09. The van der Waals surface area contributed by atoms with Gasteiger partial charge in [0.25, 0.3) is 0 Å². The van der Waals surface area contributed by atoms with Crippen molar-refractivity contribution < 1.29 is 14.7 Å². The highest BCUT2D eigenvalue weighted by atomic mass is 16.4. The van der Waals surface area contributed by atoms with Crippen LogP contribution in [0.2, 0.25) is 0 Å². The molecule has 0 unspecified atom stereocenters. The van der Waals surface area contributed by atoms with E-state index in [4.69, 9.17) is 5.11 Å². The van der Waals surface area contributed by atoms with Gasteiger partial charge in [-0.2, -0.15) is 5.10 Å². The zero-order valence-corrected chi connectivity index (χ0v) is 11.5. The molecule has 0 saturated heterocycles. The van der Waals surface area contributed by atoms with Crippen LogP contribution in [0.4, 0.5) is 10.5 Å². The number of carboxylic acid groups (broad SMARTS) is 1. The minimum absolute atomic E-state index is 0.176. The number of benzene rings is 1. The Balaban J connectivity index is 1.77. The van der Waals surface area contributed by atoms with Gasteiger partial charge in [-0.25, -0.2) is 9.59 Å². The van der Waals surface area contributed by atoms with Crippen LogP contribution in [0.25, 0.3) is 0 Å². The van der Waals surface area contributed by atoms with Crippen molar-refractivity contribution in [2.24, 2.45) is 0 Å². The fraction of sp³-hybridized carbons (Fsp3) is 0.214. The summed E-state index contributed by atoms with van der Waals surface area (Å²) in [5.41, 5.74) is 1.78. The minimum atomic E-state index is -1.000. The van der Waals surface area contributed by atoms with Crippen molar-refractivity contribution in [3.63, 3.8) is 0 Å². The molecule has 0 aliphatic carbocycles. The van der Waals surface area contributed by atoms with Crippen molar-refractivity contribution in [3.05, 3.63) is 47.8 Å². The van der Waals surface area contributed by atoms with Gasteiger partial charge in [0.05, 0.1) is 18.3 Å². The van der Waals surface area contributed by atoms with Gasteiger partial charge < -0.3 is 15.7 Å². The summed E-state index contributed by atoms with van der Waals surface area (Å²) in [7, 11) is 0. The third-order valence-corrected chi connectivity index (χ3v) is 2.78. The number of carboxylic acids is 1. The highest BCUT2D eigenvalue weighted by Gasteiger charge is 2.04. The Hall–Kier alpha value is -2.83. The predicted octanol–water partition coefficient (Wildman–Crippen LogP) is 1.71. The van der Waals surface area contributed by atoms with Gasteiger partial charge in [0.1, 0.15) is 0 Å². The van der Waals surface area contributed by atoms with Gasteiger partial charge in [-0.1, -0.05) is 0 Å². The summed E-state index contributed by atoms with van der Waals surface area (Å²) < 4.78 is 1.75. The van der Waals surface area contributed by atoms with Crippen molar-refractivity contribution in [1.29, 1.82) is 0 Å². The molecule has 2 aromatic rings. The second-order valence-corrected chi connectivity index (χ2v) is 4.54. The van der Waals surface area contributed by atoms with Gasteiger partial charge in [-0.15, -0.1) is 0 Å². The van der Waals surface area contributed by atoms with Crippen LogP contribution in [0.15, 0.2) is 36.7 Å². The van der Waals surface area contributed by atoms with E-state index in [-0.39, 0.29) is 11.6 Å². The number of aryl methyl sites for hydroxylation is 1. The van der Waals surface area contributed by atoms with Crippen LogP contribution >= 0.6 is 0 Å². The molecule has 0 spiro atoms. The number of aromatic carboxylic acids is 1. The number of hydrogen-bond acceptors (Lipinski definition) is 3. The monoisotopic (exact) mass is 288 g/mol. The first kappa shape index (κ1) is 14.6. The summed E-state index contributed by atoms with van der Waals surface area (Å²) in [5, 5.41) is 18.2. The van der Waals surface area contributed by atoms with Crippen LogP contribution in [0, 0.1) is 6.92 Å². The second kappa shape index (κ2) is 6.56. The third kappa shape index (κ3) is 4.34. The van der Waals surface area contributed by atoms with E-state index in [9.17, 15) is 9.59 Å². The van der Waals surface area contributed by atoms with Crippen LogP contribution in [0.3, 0.4) is 0 Å². The molecule has 0 saturated carbocycles. The largest absolute Gasteiger partial charge is 0.478 e. The van der Waals surface area contributed by atoms with E-state index < -0.39 is 5.97 Å². The van der Waals surface area contributed by atoms with E-state index in [0.29, 0.717) is 18.8 Å². The summed E-state index contributed by atoms with van der Waals surface area (Å²) in [5.74, 6) is -1.000. The lowest BCUT2D eigenvalue weighted by atomic mass is 10.2. The van der Waals surface area contributed by atoms with Crippen LogP contribution < -0.4 is 10.6 Å². The summed E-state index contributed by atoms with van der Waals surface area (Å²) in [4.78, 5) is 22.4. The van der Waals surface area contributed by atoms with Crippen molar-refractivity contribution >= 4 is 17.7 Å². The van der Waals surface area contributed by atoms with Crippen LogP contribution in [-0.4, -0.2) is 33.4 Å². The van der Waals surface area contributed by atoms with Gasteiger partial charge in [-0.05, 0) is 36.8 Å². The zero-order chi connectivity index (χ0) is 15.2. The summed E-state index contributed by atoms with van der Waals surface area (Å²) >= 11 is 0. The lowest BCUT2D eigenvalue weighted by molar-refractivity contribution is 0.0697. The van der Waals surface area contributed by atoms with E-state index in [1.165, 1.54) is 12.1 Å². The fourth-order valence-electron chi connectivity index (χ4n) is 1.74. The molecule has 1 heterocycles. The molecule has 0 aliphatic heterocycles. The molecule has 0 radical (unpaired) electrons. The predicted molar refractivity (Wildman–Crippen MR) is 77.4 cm³/mol. The number of carbonyl (C=O) groups excluding carboxylic acids is 1. The Kier molecular flexibility index (Phi) is 4.55. The topological polar surface area (TPSA) is 96.3 Å². The average molecular weight is 288 g/mol. The van der Waals surface area contributed by atoms with Crippen LogP contribution in [0.5, 0.6) is 0 Å². The lowest BCUT2D eigenvalue weighted by Gasteiger charge is -2.08. The Morgan fingerprint density at radius 2 is 2.00 bits per heavy atom. The summed E-state index contributed by atoms with van der Waals surface area (Å²) in [6.45, 7) is 2.98. The minimum Gasteiger partial charge on any atom is -0.478 e. The van der Waals surface area contributed by atoms with Gasteiger partial charge >= 0.3 is 12.0 Å². The molecule has 3 N–H and O–H groups in total. The first-order chi connectivity index (χ1) is 10.0. The number of urea groups is 1. The maximum absolute atomic E-state index is 11.7. The summed E-state index contributed by atoms with van der Waals surface area (Å²) in [6, 6.07) is 5.61. The summed E-state index contributed by atoms with van der Waals surface area (Å²) in [6.07, 6.45) is 3.65. The quantitative estimate of drug-likeness (QED) is 0.780. The Morgan fingerprint density at radius 3 is 2.57 bits per heavy atom.